The summed E-state index contributed by atoms with van der Waals surface area (Å²) in [4.78, 5) is 34.0. The van der Waals surface area contributed by atoms with Gasteiger partial charge in [0.25, 0.3) is 0 Å². The molecule has 0 saturated heterocycles. The van der Waals surface area contributed by atoms with E-state index in [0.717, 1.165) is 4.90 Å². The normalized spacial score (nSPS) is 10.9. The van der Waals surface area contributed by atoms with Gasteiger partial charge in [-0.15, -0.1) is 6.42 Å². The molecule has 0 aromatic rings. The number of nitrogens with zero attached hydrogens (tertiary/aromatic N) is 1. The zero-order chi connectivity index (χ0) is 13.4. The van der Waals surface area contributed by atoms with Crippen molar-refractivity contribution in [3.05, 3.63) is 0 Å². The highest BCUT2D eigenvalue weighted by atomic mass is 16.5. The minimum Gasteiger partial charge on any atom is -0.480 e. The number of ether oxygens (including phenoxy) is 1. The van der Waals surface area contributed by atoms with E-state index in [0.29, 0.717) is 0 Å². The first-order valence-corrected chi connectivity index (χ1v) is 4.70. The fourth-order valence-electron chi connectivity index (χ4n) is 0.985. The molecule has 0 rings (SSSR count). The Labute approximate surface area is 98.7 Å². The lowest BCUT2D eigenvalue weighted by Gasteiger charge is -2.20. The Kier molecular flexibility index (Phi) is 6.18. The van der Waals surface area contributed by atoms with Crippen LogP contribution in [0.5, 0.6) is 0 Å². The number of hydrogen-bond acceptors (Lipinski definition) is 4. The van der Waals surface area contributed by atoms with Crippen LogP contribution in [0.3, 0.4) is 0 Å². The summed E-state index contributed by atoms with van der Waals surface area (Å²) in [6.45, 7) is 0.717. The van der Waals surface area contributed by atoms with Crippen LogP contribution in [-0.4, -0.2) is 54.2 Å². The summed E-state index contributed by atoms with van der Waals surface area (Å²) in [5, 5.41) is 10.8. The van der Waals surface area contributed by atoms with Gasteiger partial charge in [-0.3, -0.25) is 4.79 Å². The van der Waals surface area contributed by atoms with Crippen LogP contribution in [0, 0.1) is 12.3 Å². The zero-order valence-corrected chi connectivity index (χ0v) is 9.60. The van der Waals surface area contributed by atoms with Crippen LogP contribution in [0.4, 0.5) is 4.79 Å². The smallest absolute Gasteiger partial charge is 0.328 e. The molecule has 0 saturated carbocycles. The summed E-state index contributed by atoms with van der Waals surface area (Å²) in [6.07, 6.45) is 5.00. The number of hydrogen-bond donors (Lipinski definition) is 2. The van der Waals surface area contributed by atoms with Gasteiger partial charge in [-0.05, 0) is 6.92 Å². The number of esters is 1. The summed E-state index contributed by atoms with van der Waals surface area (Å²) in [5.74, 6) is 0.332. The van der Waals surface area contributed by atoms with E-state index in [-0.39, 0.29) is 6.54 Å². The number of carbonyl (C=O) groups is 3. The summed E-state index contributed by atoms with van der Waals surface area (Å²) < 4.78 is 4.40. The molecule has 0 heterocycles. The van der Waals surface area contributed by atoms with Crippen molar-refractivity contribution in [3.8, 4) is 12.3 Å². The molecule has 0 aromatic heterocycles. The van der Waals surface area contributed by atoms with Crippen molar-refractivity contribution >= 4 is 18.0 Å². The maximum Gasteiger partial charge on any atom is 0.328 e. The Balaban J connectivity index is 4.47. The second-order valence-corrected chi connectivity index (χ2v) is 3.15. The van der Waals surface area contributed by atoms with Crippen molar-refractivity contribution in [1.29, 1.82) is 0 Å². The van der Waals surface area contributed by atoms with Crippen LogP contribution < -0.4 is 5.32 Å². The van der Waals surface area contributed by atoms with Crippen molar-refractivity contribution in [2.24, 2.45) is 0 Å². The Morgan fingerprint density at radius 2 is 2.12 bits per heavy atom. The molecule has 0 bridgehead atoms. The molecule has 0 aliphatic heterocycles. The van der Waals surface area contributed by atoms with Crippen LogP contribution in [0.2, 0.25) is 0 Å². The Morgan fingerprint density at radius 3 is 2.53 bits per heavy atom. The Bertz CT molecular complexity index is 347. The third-order valence-corrected chi connectivity index (χ3v) is 1.79. The number of rotatable bonds is 5. The molecule has 7 heteroatoms. The monoisotopic (exact) mass is 242 g/mol. The number of urea groups is 1. The van der Waals surface area contributed by atoms with E-state index in [1.807, 2.05) is 0 Å². The van der Waals surface area contributed by atoms with Gasteiger partial charge in [0.2, 0.25) is 0 Å². The first-order valence-electron chi connectivity index (χ1n) is 4.70. The molecule has 2 N–H and O–H groups in total. The molecule has 0 aliphatic carbocycles. The first kappa shape index (κ1) is 14.8. The number of nitrogens with one attached hydrogen (secondary N) is 1. The molecule has 0 radical (unpaired) electrons. The number of methoxy groups -OCH3 is 1. The van der Waals surface area contributed by atoms with Crippen LogP contribution in [0.1, 0.15) is 6.92 Å². The topological polar surface area (TPSA) is 95.9 Å². The molecule has 17 heavy (non-hydrogen) atoms. The van der Waals surface area contributed by atoms with E-state index in [4.69, 9.17) is 11.5 Å². The number of amides is 2. The van der Waals surface area contributed by atoms with Crippen LogP contribution in [0.15, 0.2) is 0 Å². The second kappa shape index (κ2) is 7.11. The van der Waals surface area contributed by atoms with E-state index in [1.165, 1.54) is 14.0 Å². The van der Waals surface area contributed by atoms with Crippen molar-refractivity contribution in [2.45, 2.75) is 13.0 Å². The number of carboxylic acids is 1. The minimum absolute atomic E-state index is 0.161. The zero-order valence-electron chi connectivity index (χ0n) is 9.60. The van der Waals surface area contributed by atoms with Gasteiger partial charge in [-0.1, -0.05) is 5.92 Å². The Morgan fingerprint density at radius 1 is 1.53 bits per heavy atom. The molecule has 94 valence electrons. The van der Waals surface area contributed by atoms with Gasteiger partial charge in [-0.2, -0.15) is 0 Å². The van der Waals surface area contributed by atoms with E-state index in [1.54, 1.807) is 0 Å². The SMILES string of the molecule is C#CCN(CC(=O)O)C(=O)NC(C)C(=O)OC. The van der Waals surface area contributed by atoms with Gasteiger partial charge in [-0.25, -0.2) is 9.59 Å². The molecule has 7 nitrogen and oxygen atoms in total. The van der Waals surface area contributed by atoms with E-state index in [9.17, 15) is 14.4 Å². The predicted octanol–water partition coefficient (Wildman–Crippen LogP) is -0.723. The Hall–Kier alpha value is -2.23. The molecule has 0 aromatic carbocycles. The van der Waals surface area contributed by atoms with Crippen LogP contribution in [0.25, 0.3) is 0 Å². The molecular formula is C10H14N2O5. The summed E-state index contributed by atoms with van der Waals surface area (Å²) in [5.41, 5.74) is 0. The molecule has 1 unspecified atom stereocenters. The second-order valence-electron chi connectivity index (χ2n) is 3.15. The number of aliphatic carboxylic acids is 1. The average Bonchev–Trinajstić information content (AvgIpc) is 2.26. The third kappa shape index (κ3) is 5.41. The molecule has 1 atom stereocenters. The lowest BCUT2D eigenvalue weighted by Crippen LogP contribution is -2.48. The van der Waals surface area contributed by atoms with Gasteiger partial charge < -0.3 is 20.1 Å². The fourth-order valence-corrected chi connectivity index (χ4v) is 0.985. The highest BCUT2D eigenvalue weighted by Crippen LogP contribution is 1.93. The molecule has 0 fully saturated rings. The maximum atomic E-state index is 11.5. The van der Waals surface area contributed by atoms with Gasteiger partial charge in [0.05, 0.1) is 13.7 Å². The minimum atomic E-state index is -1.19. The highest BCUT2D eigenvalue weighted by molar-refractivity contribution is 5.85. The summed E-state index contributed by atoms with van der Waals surface area (Å²) in [7, 11) is 1.18. The third-order valence-electron chi connectivity index (χ3n) is 1.79. The fraction of sp³-hybridized carbons (Fsp3) is 0.500. The van der Waals surface area contributed by atoms with E-state index >= 15 is 0 Å². The van der Waals surface area contributed by atoms with Gasteiger partial charge in [0, 0.05) is 0 Å². The number of terminal acetylenes is 1. The van der Waals surface area contributed by atoms with Crippen LogP contribution >= 0.6 is 0 Å². The van der Waals surface area contributed by atoms with E-state index < -0.39 is 30.6 Å². The lowest BCUT2D eigenvalue weighted by atomic mass is 10.3. The number of carbonyl (C=O) groups excluding carboxylic acids is 2. The summed E-state index contributed by atoms with van der Waals surface area (Å²) in [6, 6.07) is -1.61. The molecule has 0 spiro atoms. The standard InChI is InChI=1S/C10H14N2O5/c1-4-5-12(6-8(13)14)10(16)11-7(2)9(15)17-3/h1,7H,5-6H2,2-3H3,(H,11,16)(H,13,14). The number of carboxylic acid groups (broad SMARTS) is 1. The molecule has 2 amide bonds. The van der Waals surface area contributed by atoms with Crippen molar-refractivity contribution in [1.82, 2.24) is 10.2 Å². The largest absolute Gasteiger partial charge is 0.480 e. The lowest BCUT2D eigenvalue weighted by molar-refractivity contribution is -0.142. The predicted molar refractivity (Wildman–Crippen MR) is 58.1 cm³/mol. The summed E-state index contributed by atoms with van der Waals surface area (Å²) >= 11 is 0. The molecular weight excluding hydrogens is 228 g/mol. The van der Waals surface area contributed by atoms with Gasteiger partial charge in [0.1, 0.15) is 12.6 Å². The van der Waals surface area contributed by atoms with Crippen molar-refractivity contribution in [3.63, 3.8) is 0 Å². The first-order chi connectivity index (χ1) is 7.92. The maximum absolute atomic E-state index is 11.5. The van der Waals surface area contributed by atoms with Gasteiger partial charge in [0.15, 0.2) is 0 Å². The van der Waals surface area contributed by atoms with E-state index in [2.05, 4.69) is 16.0 Å². The van der Waals surface area contributed by atoms with Crippen molar-refractivity contribution in [2.75, 3.05) is 20.2 Å². The quantitative estimate of drug-likeness (QED) is 0.490. The van der Waals surface area contributed by atoms with Crippen molar-refractivity contribution < 1.29 is 24.2 Å². The average molecular weight is 242 g/mol. The molecule has 0 aliphatic rings. The highest BCUT2D eigenvalue weighted by Gasteiger charge is 2.21. The van der Waals surface area contributed by atoms with Gasteiger partial charge >= 0.3 is 18.0 Å². The van der Waals surface area contributed by atoms with Crippen LogP contribution in [-0.2, 0) is 14.3 Å².